The minimum absolute atomic E-state index is 0.0549. The van der Waals surface area contributed by atoms with E-state index in [-0.39, 0.29) is 5.57 Å². The molecular weight excluding hydrogens is 392 g/mol. The van der Waals surface area contributed by atoms with Crippen molar-refractivity contribution in [2.24, 2.45) is 0 Å². The van der Waals surface area contributed by atoms with E-state index < -0.39 is 11.8 Å². The van der Waals surface area contributed by atoms with E-state index in [1.54, 1.807) is 54.6 Å². The van der Waals surface area contributed by atoms with Crippen LogP contribution in [0.1, 0.15) is 11.1 Å². The van der Waals surface area contributed by atoms with Crippen LogP contribution in [0.15, 0.2) is 78.4 Å². The highest BCUT2D eigenvalue weighted by Gasteiger charge is 2.21. The molecule has 0 fully saturated rings. The van der Waals surface area contributed by atoms with Gasteiger partial charge in [-0.3, -0.25) is 9.59 Å². The maximum Gasteiger partial charge on any atom is 0.261 e. The van der Waals surface area contributed by atoms with Gasteiger partial charge in [-0.1, -0.05) is 54.1 Å². The van der Waals surface area contributed by atoms with Crippen LogP contribution in [0.25, 0.3) is 6.08 Å². The van der Waals surface area contributed by atoms with Gasteiger partial charge in [-0.05, 0) is 42.8 Å². The van der Waals surface area contributed by atoms with Gasteiger partial charge < -0.3 is 20.1 Å². The van der Waals surface area contributed by atoms with E-state index in [9.17, 15) is 9.59 Å². The second-order valence-electron chi connectivity index (χ2n) is 6.78. The van der Waals surface area contributed by atoms with Crippen molar-refractivity contribution in [1.29, 1.82) is 0 Å². The number of hydrogen-bond donors (Lipinski definition) is 2. The Morgan fingerprint density at radius 1 is 0.710 bits per heavy atom. The number of rotatable bonds is 7. The van der Waals surface area contributed by atoms with Crippen LogP contribution in [-0.4, -0.2) is 26.0 Å². The van der Waals surface area contributed by atoms with Crippen molar-refractivity contribution < 1.29 is 19.1 Å². The highest BCUT2D eigenvalue weighted by atomic mass is 16.5. The first-order chi connectivity index (χ1) is 15.0. The monoisotopic (exact) mass is 416 g/mol. The van der Waals surface area contributed by atoms with Gasteiger partial charge in [0.15, 0.2) is 0 Å². The zero-order chi connectivity index (χ0) is 22.2. The molecule has 0 aliphatic carbocycles. The summed E-state index contributed by atoms with van der Waals surface area (Å²) in [7, 11) is 3.03. The van der Waals surface area contributed by atoms with Gasteiger partial charge in [0, 0.05) is 0 Å². The smallest absolute Gasteiger partial charge is 0.261 e. The van der Waals surface area contributed by atoms with Gasteiger partial charge in [0.25, 0.3) is 11.8 Å². The maximum atomic E-state index is 13.1. The molecule has 0 heterocycles. The summed E-state index contributed by atoms with van der Waals surface area (Å²) in [6.07, 6.45) is 1.55. The van der Waals surface area contributed by atoms with E-state index in [2.05, 4.69) is 10.6 Å². The molecule has 3 aromatic carbocycles. The fraction of sp³-hybridized carbons (Fsp3) is 0.120. The minimum atomic E-state index is -0.558. The third kappa shape index (κ3) is 5.51. The van der Waals surface area contributed by atoms with Crippen molar-refractivity contribution in [3.8, 4) is 11.5 Å². The van der Waals surface area contributed by atoms with Gasteiger partial charge >= 0.3 is 0 Å². The first-order valence-electron chi connectivity index (χ1n) is 9.69. The summed E-state index contributed by atoms with van der Waals surface area (Å²) in [6, 6.07) is 21.5. The summed E-state index contributed by atoms with van der Waals surface area (Å²) in [5.74, 6) is -0.124. The molecule has 0 atom stereocenters. The lowest BCUT2D eigenvalue weighted by Gasteiger charge is -2.14. The van der Waals surface area contributed by atoms with Crippen LogP contribution in [0.5, 0.6) is 11.5 Å². The third-order valence-corrected chi connectivity index (χ3v) is 4.59. The first kappa shape index (κ1) is 21.6. The largest absolute Gasteiger partial charge is 0.495 e. The fourth-order valence-electron chi connectivity index (χ4n) is 2.94. The number of carbonyl (C=O) groups excluding carboxylic acids is 2. The van der Waals surface area contributed by atoms with Crippen LogP contribution in [-0.2, 0) is 9.59 Å². The summed E-state index contributed by atoms with van der Waals surface area (Å²) >= 11 is 0. The molecule has 0 aromatic heterocycles. The molecule has 2 N–H and O–H groups in total. The van der Waals surface area contributed by atoms with Crippen molar-refractivity contribution >= 4 is 29.3 Å². The average molecular weight is 416 g/mol. The van der Waals surface area contributed by atoms with Gasteiger partial charge in [-0.25, -0.2) is 0 Å². The Bertz CT molecular complexity index is 1040. The van der Waals surface area contributed by atoms with Crippen LogP contribution < -0.4 is 20.1 Å². The SMILES string of the molecule is COc1ccccc1NC(=O)C(=Cc1ccc(C)cc1)C(=O)Nc1ccccc1OC. The van der Waals surface area contributed by atoms with Crippen LogP contribution in [0.4, 0.5) is 11.4 Å². The number of benzene rings is 3. The van der Waals surface area contributed by atoms with Crippen LogP contribution in [0.2, 0.25) is 0 Å². The Morgan fingerprint density at radius 2 is 1.16 bits per heavy atom. The normalized spacial score (nSPS) is 10.0. The van der Waals surface area contributed by atoms with Crippen LogP contribution >= 0.6 is 0 Å². The topological polar surface area (TPSA) is 76.7 Å². The lowest BCUT2D eigenvalue weighted by Crippen LogP contribution is -2.25. The highest BCUT2D eigenvalue weighted by molar-refractivity contribution is 6.29. The molecule has 158 valence electrons. The number of aryl methyl sites for hydroxylation is 1. The number of hydrogen-bond acceptors (Lipinski definition) is 4. The molecule has 0 saturated heterocycles. The molecule has 0 bridgehead atoms. The molecule has 0 radical (unpaired) electrons. The lowest BCUT2D eigenvalue weighted by atomic mass is 10.1. The molecule has 6 nitrogen and oxygen atoms in total. The highest BCUT2D eigenvalue weighted by Crippen LogP contribution is 2.26. The Morgan fingerprint density at radius 3 is 1.61 bits per heavy atom. The number of anilines is 2. The van der Waals surface area contributed by atoms with E-state index in [0.29, 0.717) is 22.9 Å². The van der Waals surface area contributed by atoms with Gasteiger partial charge in [-0.2, -0.15) is 0 Å². The molecule has 0 spiro atoms. The fourth-order valence-corrected chi connectivity index (χ4v) is 2.94. The van der Waals surface area contributed by atoms with E-state index >= 15 is 0 Å². The molecule has 31 heavy (non-hydrogen) atoms. The molecule has 0 aliphatic rings. The average Bonchev–Trinajstić information content (AvgIpc) is 2.79. The van der Waals surface area contributed by atoms with Crippen molar-refractivity contribution in [2.45, 2.75) is 6.92 Å². The molecule has 6 heteroatoms. The summed E-state index contributed by atoms with van der Waals surface area (Å²) < 4.78 is 10.6. The van der Waals surface area contributed by atoms with Gasteiger partial charge in [0.2, 0.25) is 0 Å². The number of nitrogens with one attached hydrogen (secondary N) is 2. The molecule has 0 aliphatic heterocycles. The number of carbonyl (C=O) groups is 2. The molecule has 3 rings (SSSR count). The van der Waals surface area contributed by atoms with Gasteiger partial charge in [0.05, 0.1) is 25.6 Å². The third-order valence-electron chi connectivity index (χ3n) is 4.59. The molecule has 3 aromatic rings. The number of ether oxygens (including phenoxy) is 2. The minimum Gasteiger partial charge on any atom is -0.495 e. The summed E-state index contributed by atoms with van der Waals surface area (Å²) in [4.78, 5) is 26.2. The molecule has 2 amide bonds. The lowest BCUT2D eigenvalue weighted by molar-refractivity contribution is -0.118. The number of para-hydroxylation sites is 4. The number of amides is 2. The molecular formula is C25H24N2O4. The second kappa shape index (κ2) is 10.1. The molecule has 0 unspecified atom stereocenters. The summed E-state index contributed by atoms with van der Waals surface area (Å²) in [5.41, 5.74) is 2.69. The Balaban J connectivity index is 1.95. The predicted octanol–water partition coefficient (Wildman–Crippen LogP) is 4.67. The standard InChI is InChI=1S/C25H24N2O4/c1-17-12-14-18(15-13-17)16-19(24(28)26-20-8-4-6-10-22(20)30-2)25(29)27-21-9-5-7-11-23(21)31-3/h4-16H,1-3H3,(H,26,28)(H,27,29). The predicted molar refractivity (Wildman–Crippen MR) is 122 cm³/mol. The van der Waals surface area contributed by atoms with Crippen LogP contribution in [0.3, 0.4) is 0 Å². The van der Waals surface area contributed by atoms with E-state index in [1.807, 2.05) is 31.2 Å². The van der Waals surface area contributed by atoms with Crippen molar-refractivity contribution in [3.05, 3.63) is 89.5 Å². The second-order valence-corrected chi connectivity index (χ2v) is 6.78. The van der Waals surface area contributed by atoms with Crippen molar-refractivity contribution in [2.75, 3.05) is 24.9 Å². The zero-order valence-corrected chi connectivity index (χ0v) is 17.6. The summed E-state index contributed by atoms with van der Waals surface area (Å²) in [6.45, 7) is 1.97. The Hall–Kier alpha value is -4.06. The quantitative estimate of drug-likeness (QED) is 0.333. The first-order valence-corrected chi connectivity index (χ1v) is 9.69. The van der Waals surface area contributed by atoms with E-state index in [4.69, 9.17) is 9.47 Å². The zero-order valence-electron chi connectivity index (χ0n) is 17.6. The van der Waals surface area contributed by atoms with Gasteiger partial charge in [0.1, 0.15) is 17.1 Å². The Labute approximate surface area is 181 Å². The number of methoxy groups -OCH3 is 2. The van der Waals surface area contributed by atoms with E-state index in [0.717, 1.165) is 11.1 Å². The Kier molecular flexibility index (Phi) is 7.06. The van der Waals surface area contributed by atoms with Crippen molar-refractivity contribution in [3.63, 3.8) is 0 Å². The molecule has 0 saturated carbocycles. The van der Waals surface area contributed by atoms with Gasteiger partial charge in [-0.15, -0.1) is 0 Å². The van der Waals surface area contributed by atoms with Crippen LogP contribution in [0, 0.1) is 6.92 Å². The van der Waals surface area contributed by atoms with Crippen molar-refractivity contribution in [1.82, 2.24) is 0 Å². The maximum absolute atomic E-state index is 13.1. The summed E-state index contributed by atoms with van der Waals surface area (Å²) in [5, 5.41) is 5.53. The van der Waals surface area contributed by atoms with E-state index in [1.165, 1.54) is 14.2 Å².